The maximum atomic E-state index is 13.1. The molecule has 0 spiro atoms. The van der Waals surface area contributed by atoms with Crippen LogP contribution in [0, 0.1) is 0 Å². The van der Waals surface area contributed by atoms with Crippen LogP contribution in [0.15, 0.2) is 57.4 Å². The normalized spacial score (nSPS) is 10.4. The molecule has 0 bridgehead atoms. The number of hydrogen-bond donors (Lipinski definition) is 0. The Morgan fingerprint density at radius 3 is 2.23 bits per heavy atom. The van der Waals surface area contributed by atoms with Gasteiger partial charge >= 0.3 is 0 Å². The van der Waals surface area contributed by atoms with E-state index < -0.39 is 0 Å². The van der Waals surface area contributed by atoms with Gasteiger partial charge in [-0.05, 0) is 48.5 Å². The van der Waals surface area contributed by atoms with Crippen molar-refractivity contribution in [1.82, 2.24) is 0 Å². The molecule has 5 nitrogen and oxygen atoms in total. The van der Waals surface area contributed by atoms with Crippen LogP contribution >= 0.6 is 15.9 Å². The van der Waals surface area contributed by atoms with Crippen LogP contribution in [0.25, 0.3) is 11.3 Å². The average Bonchev–Trinajstić information content (AvgIpc) is 3.16. The molecule has 0 aliphatic carbocycles. The number of carbonyl (C=O) groups excluding carboxylic acids is 2. The Balaban J connectivity index is 2.19. The zero-order valence-electron chi connectivity index (χ0n) is 14.1. The van der Waals surface area contributed by atoms with E-state index in [0.29, 0.717) is 40.2 Å². The molecule has 0 aliphatic heterocycles. The van der Waals surface area contributed by atoms with Crippen molar-refractivity contribution in [1.29, 1.82) is 0 Å². The van der Waals surface area contributed by atoms with Gasteiger partial charge in [-0.1, -0.05) is 15.9 Å². The molecule has 1 heterocycles. The monoisotopic (exact) mass is 414 g/mol. The number of rotatable bonds is 6. The summed E-state index contributed by atoms with van der Waals surface area (Å²) in [5, 5.41) is 0. The highest BCUT2D eigenvalue weighted by molar-refractivity contribution is 9.10. The third kappa shape index (κ3) is 3.41. The van der Waals surface area contributed by atoms with E-state index >= 15 is 0 Å². The standard InChI is InChI=1S/C20H15BrO5/c1-24-18-9-15(17-8-7-14(11-22)26-17)16(10-19(18)25-2)20(23)12-3-5-13(21)6-4-12/h3-11H,1-2H3. The van der Waals surface area contributed by atoms with Crippen molar-refractivity contribution in [2.75, 3.05) is 14.2 Å². The van der Waals surface area contributed by atoms with Gasteiger partial charge in [-0.3, -0.25) is 9.59 Å². The smallest absolute Gasteiger partial charge is 0.193 e. The first-order valence-corrected chi connectivity index (χ1v) is 8.48. The summed E-state index contributed by atoms with van der Waals surface area (Å²) in [4.78, 5) is 24.0. The first kappa shape index (κ1) is 17.9. The van der Waals surface area contributed by atoms with E-state index in [1.807, 2.05) is 0 Å². The summed E-state index contributed by atoms with van der Waals surface area (Å²) in [6.07, 6.45) is 0.612. The molecule has 26 heavy (non-hydrogen) atoms. The van der Waals surface area contributed by atoms with Gasteiger partial charge in [-0.15, -0.1) is 0 Å². The molecule has 6 heteroatoms. The lowest BCUT2D eigenvalue weighted by atomic mass is 9.96. The number of hydrogen-bond acceptors (Lipinski definition) is 5. The molecule has 3 aromatic rings. The minimum atomic E-state index is -0.197. The number of benzene rings is 2. The van der Waals surface area contributed by atoms with Crippen LogP contribution in [0.3, 0.4) is 0 Å². The molecule has 0 atom stereocenters. The predicted molar refractivity (Wildman–Crippen MR) is 100 cm³/mol. The fourth-order valence-electron chi connectivity index (χ4n) is 2.59. The quantitative estimate of drug-likeness (QED) is 0.429. The van der Waals surface area contributed by atoms with Gasteiger partial charge in [0.05, 0.1) is 14.2 Å². The van der Waals surface area contributed by atoms with E-state index in [2.05, 4.69) is 15.9 Å². The fourth-order valence-corrected chi connectivity index (χ4v) is 2.85. The minimum Gasteiger partial charge on any atom is -0.493 e. The van der Waals surface area contributed by atoms with Crippen LogP contribution in [-0.2, 0) is 0 Å². The van der Waals surface area contributed by atoms with Crippen molar-refractivity contribution < 1.29 is 23.5 Å². The van der Waals surface area contributed by atoms with Crippen LogP contribution in [0.4, 0.5) is 0 Å². The van der Waals surface area contributed by atoms with Gasteiger partial charge in [0.1, 0.15) is 5.76 Å². The lowest BCUT2D eigenvalue weighted by Crippen LogP contribution is -2.05. The van der Waals surface area contributed by atoms with Crippen molar-refractivity contribution >= 4 is 28.0 Å². The molecule has 0 N–H and O–H groups in total. The Morgan fingerprint density at radius 2 is 1.65 bits per heavy atom. The third-order valence-electron chi connectivity index (χ3n) is 3.88. The molecule has 0 radical (unpaired) electrons. The van der Waals surface area contributed by atoms with E-state index in [4.69, 9.17) is 13.9 Å². The number of carbonyl (C=O) groups is 2. The first-order valence-electron chi connectivity index (χ1n) is 7.69. The number of ketones is 1. The number of methoxy groups -OCH3 is 2. The lowest BCUT2D eigenvalue weighted by molar-refractivity contribution is 0.103. The zero-order valence-corrected chi connectivity index (χ0v) is 15.7. The van der Waals surface area contributed by atoms with Crippen LogP contribution < -0.4 is 9.47 Å². The second kappa shape index (κ2) is 7.58. The molecular formula is C20H15BrO5. The highest BCUT2D eigenvalue weighted by atomic mass is 79.9. The van der Waals surface area contributed by atoms with Crippen LogP contribution in [-0.4, -0.2) is 26.3 Å². The summed E-state index contributed by atoms with van der Waals surface area (Å²) < 4.78 is 17.1. The summed E-state index contributed by atoms with van der Waals surface area (Å²) in [7, 11) is 3.01. The highest BCUT2D eigenvalue weighted by Gasteiger charge is 2.21. The van der Waals surface area contributed by atoms with Gasteiger partial charge in [0.15, 0.2) is 29.3 Å². The maximum Gasteiger partial charge on any atom is 0.193 e. The minimum absolute atomic E-state index is 0.178. The second-order valence-corrected chi connectivity index (χ2v) is 6.32. The SMILES string of the molecule is COc1cc(C(=O)c2ccc(Br)cc2)c(-c2ccc(C=O)o2)cc1OC. The van der Waals surface area contributed by atoms with Gasteiger partial charge in [0.25, 0.3) is 0 Å². The molecular weight excluding hydrogens is 400 g/mol. The van der Waals surface area contributed by atoms with Gasteiger partial charge in [-0.2, -0.15) is 0 Å². The molecule has 0 fully saturated rings. The van der Waals surface area contributed by atoms with E-state index in [-0.39, 0.29) is 11.5 Å². The molecule has 0 aliphatic rings. The Labute approximate surface area is 158 Å². The van der Waals surface area contributed by atoms with E-state index in [1.165, 1.54) is 14.2 Å². The van der Waals surface area contributed by atoms with Crippen molar-refractivity contribution in [3.8, 4) is 22.8 Å². The molecule has 0 saturated heterocycles. The Bertz CT molecular complexity index is 957. The number of ether oxygens (including phenoxy) is 2. The second-order valence-electron chi connectivity index (χ2n) is 5.41. The van der Waals surface area contributed by atoms with Crippen molar-refractivity contribution in [3.05, 3.63) is 69.9 Å². The predicted octanol–water partition coefficient (Wildman–Crippen LogP) is 4.77. The molecule has 1 aromatic heterocycles. The number of halogens is 1. The largest absolute Gasteiger partial charge is 0.493 e. The van der Waals surface area contributed by atoms with Crippen LogP contribution in [0.5, 0.6) is 11.5 Å². The molecule has 0 saturated carbocycles. The van der Waals surface area contributed by atoms with Crippen LogP contribution in [0.1, 0.15) is 26.5 Å². The topological polar surface area (TPSA) is 65.7 Å². The van der Waals surface area contributed by atoms with Gasteiger partial charge < -0.3 is 13.9 Å². The van der Waals surface area contributed by atoms with Crippen molar-refractivity contribution in [3.63, 3.8) is 0 Å². The fraction of sp³-hybridized carbons (Fsp3) is 0.100. The summed E-state index contributed by atoms with van der Waals surface area (Å²) >= 11 is 3.36. The molecule has 3 rings (SSSR count). The Hall–Kier alpha value is -2.86. The van der Waals surface area contributed by atoms with E-state index in [1.54, 1.807) is 48.5 Å². The van der Waals surface area contributed by atoms with Crippen molar-refractivity contribution in [2.24, 2.45) is 0 Å². The Morgan fingerprint density at radius 1 is 1.00 bits per heavy atom. The summed E-state index contributed by atoms with van der Waals surface area (Å²) in [5.41, 5.74) is 1.42. The number of furan rings is 1. The zero-order chi connectivity index (χ0) is 18.7. The number of aldehydes is 1. The summed E-state index contributed by atoms with van der Waals surface area (Å²) in [6, 6.07) is 13.5. The Kier molecular flexibility index (Phi) is 5.23. The third-order valence-corrected chi connectivity index (χ3v) is 4.41. The first-order chi connectivity index (χ1) is 12.6. The summed E-state index contributed by atoms with van der Waals surface area (Å²) in [6.45, 7) is 0. The summed E-state index contributed by atoms with van der Waals surface area (Å²) in [5.74, 6) is 1.26. The molecule has 2 aromatic carbocycles. The van der Waals surface area contributed by atoms with Crippen molar-refractivity contribution in [2.45, 2.75) is 0 Å². The van der Waals surface area contributed by atoms with Crippen LogP contribution in [0.2, 0.25) is 0 Å². The highest BCUT2D eigenvalue weighted by Crippen LogP contribution is 2.37. The van der Waals surface area contributed by atoms with Gasteiger partial charge in [0, 0.05) is 21.2 Å². The lowest BCUT2D eigenvalue weighted by Gasteiger charge is -2.13. The van der Waals surface area contributed by atoms with E-state index in [0.717, 1.165) is 4.47 Å². The molecule has 0 amide bonds. The van der Waals surface area contributed by atoms with Gasteiger partial charge in [0.2, 0.25) is 0 Å². The molecule has 0 unspecified atom stereocenters. The van der Waals surface area contributed by atoms with E-state index in [9.17, 15) is 9.59 Å². The maximum absolute atomic E-state index is 13.1. The van der Waals surface area contributed by atoms with Gasteiger partial charge in [-0.25, -0.2) is 0 Å². The average molecular weight is 415 g/mol. The molecule has 132 valence electrons.